The van der Waals surface area contributed by atoms with Crippen molar-refractivity contribution < 1.29 is 4.79 Å². The molecule has 5 nitrogen and oxygen atoms in total. The van der Waals surface area contributed by atoms with E-state index in [2.05, 4.69) is 42.4 Å². The van der Waals surface area contributed by atoms with Crippen molar-refractivity contribution in [2.75, 3.05) is 19.6 Å². The Hall–Kier alpha value is -2.06. The van der Waals surface area contributed by atoms with Crippen LogP contribution in [0.2, 0.25) is 0 Å². The Morgan fingerprint density at radius 1 is 1.20 bits per heavy atom. The van der Waals surface area contributed by atoms with Crippen molar-refractivity contribution in [3.05, 3.63) is 35.4 Å². The van der Waals surface area contributed by atoms with Gasteiger partial charge in [-0.05, 0) is 49.8 Å². The molecule has 1 aliphatic heterocycles. The Kier molecular flexibility index (Phi) is 6.83. The molecule has 1 aliphatic rings. The zero-order chi connectivity index (χ0) is 18.4. The van der Waals surface area contributed by atoms with Gasteiger partial charge in [-0.15, -0.1) is 0 Å². The molecule has 2 amide bonds. The number of nitriles is 1. The lowest BCUT2D eigenvalue weighted by Gasteiger charge is -2.36. The molecular formula is C20H30N4O. The molecule has 4 atom stereocenters. The normalized spacial score (nSPS) is 23.3. The Morgan fingerprint density at radius 2 is 1.80 bits per heavy atom. The van der Waals surface area contributed by atoms with Gasteiger partial charge in [-0.3, -0.25) is 0 Å². The lowest BCUT2D eigenvalue weighted by atomic mass is 9.92. The summed E-state index contributed by atoms with van der Waals surface area (Å²) in [5.74, 6) is 1.45. The van der Waals surface area contributed by atoms with Gasteiger partial charge in [0.05, 0.1) is 17.7 Å². The number of carbonyl (C=O) groups is 1. The Bertz CT molecular complexity index is 597. The predicted molar refractivity (Wildman–Crippen MR) is 100 cm³/mol. The van der Waals surface area contributed by atoms with Gasteiger partial charge in [0.15, 0.2) is 0 Å². The average molecular weight is 342 g/mol. The summed E-state index contributed by atoms with van der Waals surface area (Å²) in [6.45, 7) is 11.7. The van der Waals surface area contributed by atoms with E-state index >= 15 is 0 Å². The van der Waals surface area contributed by atoms with Gasteiger partial charge in [0.1, 0.15) is 0 Å². The number of benzene rings is 1. The Labute approximate surface area is 151 Å². The molecule has 0 radical (unpaired) electrons. The fourth-order valence-corrected chi connectivity index (χ4v) is 3.77. The minimum Gasteiger partial charge on any atom is -0.334 e. The monoisotopic (exact) mass is 342 g/mol. The third kappa shape index (κ3) is 6.06. The molecule has 0 aromatic heterocycles. The molecule has 1 heterocycles. The van der Waals surface area contributed by atoms with Crippen molar-refractivity contribution in [3.8, 4) is 6.07 Å². The van der Waals surface area contributed by atoms with E-state index in [9.17, 15) is 4.79 Å². The SMILES string of the molecule is CC1CC(C)CN(CC(C)NC(=O)NC(C)c2ccc(C#N)cc2)C1. The summed E-state index contributed by atoms with van der Waals surface area (Å²) in [6, 6.07) is 9.25. The van der Waals surface area contributed by atoms with Gasteiger partial charge in [-0.25, -0.2) is 4.79 Å². The number of amides is 2. The summed E-state index contributed by atoms with van der Waals surface area (Å²) in [4.78, 5) is 14.7. The molecule has 25 heavy (non-hydrogen) atoms. The molecule has 1 saturated heterocycles. The molecule has 1 aromatic carbocycles. The zero-order valence-corrected chi connectivity index (χ0v) is 15.7. The maximum atomic E-state index is 12.2. The first-order chi connectivity index (χ1) is 11.9. The van der Waals surface area contributed by atoms with E-state index in [-0.39, 0.29) is 18.1 Å². The molecule has 2 N–H and O–H groups in total. The molecular weight excluding hydrogens is 312 g/mol. The number of likely N-dealkylation sites (tertiary alicyclic amines) is 1. The van der Waals surface area contributed by atoms with E-state index < -0.39 is 0 Å². The van der Waals surface area contributed by atoms with E-state index in [0.717, 1.165) is 37.0 Å². The summed E-state index contributed by atoms with van der Waals surface area (Å²) < 4.78 is 0. The van der Waals surface area contributed by atoms with Crippen molar-refractivity contribution in [2.24, 2.45) is 11.8 Å². The summed E-state index contributed by atoms with van der Waals surface area (Å²) in [5, 5.41) is 14.8. The van der Waals surface area contributed by atoms with Crippen LogP contribution in [0.4, 0.5) is 4.79 Å². The van der Waals surface area contributed by atoms with Gasteiger partial charge in [-0.2, -0.15) is 5.26 Å². The van der Waals surface area contributed by atoms with E-state index in [4.69, 9.17) is 5.26 Å². The number of piperidine rings is 1. The summed E-state index contributed by atoms with van der Waals surface area (Å²) in [5.41, 5.74) is 1.61. The largest absolute Gasteiger partial charge is 0.334 e. The number of carbonyl (C=O) groups excluding carboxylic acids is 1. The van der Waals surface area contributed by atoms with Crippen LogP contribution in [0.15, 0.2) is 24.3 Å². The highest BCUT2D eigenvalue weighted by atomic mass is 16.2. The van der Waals surface area contributed by atoms with Crippen LogP contribution in [0.1, 0.15) is 51.3 Å². The first kappa shape index (κ1) is 19.3. The van der Waals surface area contributed by atoms with Crippen LogP contribution in [-0.4, -0.2) is 36.6 Å². The van der Waals surface area contributed by atoms with E-state index in [0.29, 0.717) is 5.56 Å². The first-order valence-corrected chi connectivity index (χ1v) is 9.16. The smallest absolute Gasteiger partial charge is 0.315 e. The number of nitrogens with zero attached hydrogens (tertiary/aromatic N) is 2. The lowest BCUT2D eigenvalue weighted by molar-refractivity contribution is 0.131. The highest BCUT2D eigenvalue weighted by Gasteiger charge is 2.23. The van der Waals surface area contributed by atoms with E-state index in [1.165, 1.54) is 6.42 Å². The van der Waals surface area contributed by atoms with Crippen molar-refractivity contribution >= 4 is 6.03 Å². The number of urea groups is 1. The topological polar surface area (TPSA) is 68.2 Å². The molecule has 0 aliphatic carbocycles. The van der Waals surface area contributed by atoms with Crippen LogP contribution in [0.5, 0.6) is 0 Å². The molecule has 5 heteroatoms. The quantitative estimate of drug-likeness (QED) is 0.863. The van der Waals surface area contributed by atoms with Gasteiger partial charge < -0.3 is 15.5 Å². The van der Waals surface area contributed by atoms with Gasteiger partial charge in [-0.1, -0.05) is 26.0 Å². The van der Waals surface area contributed by atoms with E-state index in [1.54, 1.807) is 12.1 Å². The fourth-order valence-electron chi connectivity index (χ4n) is 3.77. The standard InChI is InChI=1S/C20H30N4O/c1-14-9-15(2)12-24(11-14)13-16(3)22-20(25)23-17(4)19-7-5-18(10-21)6-8-19/h5-8,14-17H,9,11-13H2,1-4H3,(H2,22,23,25). The van der Waals surface area contributed by atoms with Crippen molar-refractivity contribution in [2.45, 2.75) is 46.2 Å². The molecule has 0 spiro atoms. The van der Waals surface area contributed by atoms with Crippen LogP contribution >= 0.6 is 0 Å². The minimum atomic E-state index is -0.150. The zero-order valence-electron chi connectivity index (χ0n) is 15.7. The second kappa shape index (κ2) is 8.87. The summed E-state index contributed by atoms with van der Waals surface area (Å²) in [6.07, 6.45) is 1.29. The molecule has 0 saturated carbocycles. The second-order valence-electron chi connectivity index (χ2n) is 7.64. The highest BCUT2D eigenvalue weighted by molar-refractivity contribution is 5.74. The molecule has 1 fully saturated rings. The van der Waals surface area contributed by atoms with Crippen molar-refractivity contribution in [1.82, 2.24) is 15.5 Å². The fraction of sp³-hybridized carbons (Fsp3) is 0.600. The number of hydrogen-bond donors (Lipinski definition) is 2. The van der Waals surface area contributed by atoms with Crippen LogP contribution < -0.4 is 10.6 Å². The lowest BCUT2D eigenvalue weighted by Crippen LogP contribution is -2.49. The Morgan fingerprint density at radius 3 is 2.36 bits per heavy atom. The van der Waals surface area contributed by atoms with Crippen LogP contribution in [0.3, 0.4) is 0 Å². The van der Waals surface area contributed by atoms with Gasteiger partial charge in [0, 0.05) is 25.7 Å². The van der Waals surface area contributed by atoms with Crippen LogP contribution in [-0.2, 0) is 0 Å². The number of nitrogens with one attached hydrogen (secondary N) is 2. The maximum Gasteiger partial charge on any atom is 0.315 e. The average Bonchev–Trinajstić information content (AvgIpc) is 2.53. The first-order valence-electron chi connectivity index (χ1n) is 9.16. The van der Waals surface area contributed by atoms with Crippen LogP contribution in [0, 0.1) is 23.2 Å². The summed E-state index contributed by atoms with van der Waals surface area (Å²) in [7, 11) is 0. The Balaban J connectivity index is 1.79. The van der Waals surface area contributed by atoms with Crippen molar-refractivity contribution in [3.63, 3.8) is 0 Å². The highest BCUT2D eigenvalue weighted by Crippen LogP contribution is 2.20. The number of hydrogen-bond acceptors (Lipinski definition) is 3. The predicted octanol–water partition coefficient (Wildman–Crippen LogP) is 3.28. The molecule has 0 bridgehead atoms. The third-order valence-electron chi connectivity index (χ3n) is 4.74. The summed E-state index contributed by atoms with van der Waals surface area (Å²) >= 11 is 0. The van der Waals surface area contributed by atoms with Gasteiger partial charge in [0.2, 0.25) is 0 Å². The van der Waals surface area contributed by atoms with Gasteiger partial charge in [0.25, 0.3) is 0 Å². The minimum absolute atomic E-state index is 0.102. The molecule has 4 unspecified atom stereocenters. The van der Waals surface area contributed by atoms with E-state index in [1.807, 2.05) is 19.1 Å². The van der Waals surface area contributed by atoms with Crippen molar-refractivity contribution in [1.29, 1.82) is 5.26 Å². The van der Waals surface area contributed by atoms with Gasteiger partial charge >= 0.3 is 6.03 Å². The maximum absolute atomic E-state index is 12.2. The van der Waals surface area contributed by atoms with Crippen LogP contribution in [0.25, 0.3) is 0 Å². The molecule has 136 valence electrons. The molecule has 1 aromatic rings. The molecule has 2 rings (SSSR count). The second-order valence-corrected chi connectivity index (χ2v) is 7.64. The third-order valence-corrected chi connectivity index (χ3v) is 4.74. The number of rotatable bonds is 5.